The SMILES string of the molecule is COCC(C)(C)NC(=O)c1ccoc1Cl. The lowest BCUT2D eigenvalue weighted by Gasteiger charge is -2.24. The molecule has 84 valence electrons. The van der Waals surface area contributed by atoms with Gasteiger partial charge in [0, 0.05) is 7.11 Å². The average Bonchev–Trinajstić information content (AvgIpc) is 2.50. The Morgan fingerprint density at radius 2 is 2.33 bits per heavy atom. The molecule has 0 saturated heterocycles. The molecular weight excluding hydrogens is 218 g/mol. The summed E-state index contributed by atoms with van der Waals surface area (Å²) in [4.78, 5) is 11.7. The molecule has 1 aromatic rings. The number of amides is 1. The molecule has 5 heteroatoms. The molecule has 0 bridgehead atoms. The largest absolute Gasteiger partial charge is 0.452 e. The molecular formula is C10H14ClNO3. The van der Waals surface area contributed by atoms with Crippen molar-refractivity contribution in [1.29, 1.82) is 0 Å². The number of hydrogen-bond donors (Lipinski definition) is 1. The summed E-state index contributed by atoms with van der Waals surface area (Å²) in [6, 6.07) is 1.53. The summed E-state index contributed by atoms with van der Waals surface area (Å²) in [5.74, 6) is -0.268. The second-order valence-electron chi connectivity index (χ2n) is 3.88. The Morgan fingerprint density at radius 3 is 2.80 bits per heavy atom. The van der Waals surface area contributed by atoms with Crippen LogP contribution in [0.2, 0.25) is 5.22 Å². The van der Waals surface area contributed by atoms with Crippen molar-refractivity contribution in [2.75, 3.05) is 13.7 Å². The number of nitrogens with one attached hydrogen (secondary N) is 1. The van der Waals surface area contributed by atoms with E-state index in [4.69, 9.17) is 20.8 Å². The highest BCUT2D eigenvalue weighted by Crippen LogP contribution is 2.17. The van der Waals surface area contributed by atoms with Crippen molar-refractivity contribution < 1.29 is 13.9 Å². The number of hydrogen-bond acceptors (Lipinski definition) is 3. The first-order valence-electron chi connectivity index (χ1n) is 4.51. The van der Waals surface area contributed by atoms with Crippen molar-refractivity contribution in [2.45, 2.75) is 19.4 Å². The van der Waals surface area contributed by atoms with E-state index in [9.17, 15) is 4.79 Å². The Labute approximate surface area is 93.5 Å². The summed E-state index contributed by atoms with van der Waals surface area (Å²) in [6.45, 7) is 4.15. The van der Waals surface area contributed by atoms with Crippen LogP contribution < -0.4 is 5.32 Å². The Hall–Kier alpha value is -1.00. The average molecular weight is 232 g/mol. The molecule has 0 atom stereocenters. The van der Waals surface area contributed by atoms with Gasteiger partial charge in [-0.3, -0.25) is 4.79 Å². The van der Waals surface area contributed by atoms with Gasteiger partial charge in [0.1, 0.15) is 0 Å². The molecule has 0 fully saturated rings. The quantitative estimate of drug-likeness (QED) is 0.863. The fourth-order valence-corrected chi connectivity index (χ4v) is 1.43. The van der Waals surface area contributed by atoms with E-state index >= 15 is 0 Å². The van der Waals surface area contributed by atoms with Gasteiger partial charge in [0.05, 0.1) is 24.0 Å². The molecule has 1 N–H and O–H groups in total. The molecule has 0 aromatic carbocycles. The van der Waals surface area contributed by atoms with Gasteiger partial charge in [0.2, 0.25) is 5.22 Å². The van der Waals surface area contributed by atoms with Crippen molar-refractivity contribution in [3.8, 4) is 0 Å². The minimum Gasteiger partial charge on any atom is -0.452 e. The molecule has 1 rings (SSSR count). The summed E-state index contributed by atoms with van der Waals surface area (Å²) in [5.41, 5.74) is -0.104. The maximum Gasteiger partial charge on any atom is 0.256 e. The molecule has 4 nitrogen and oxygen atoms in total. The predicted octanol–water partition coefficient (Wildman–Crippen LogP) is 2.09. The first-order valence-corrected chi connectivity index (χ1v) is 4.88. The number of carbonyl (C=O) groups is 1. The Morgan fingerprint density at radius 1 is 1.67 bits per heavy atom. The second-order valence-corrected chi connectivity index (χ2v) is 4.22. The van der Waals surface area contributed by atoms with Crippen LogP contribution in [0, 0.1) is 0 Å². The van der Waals surface area contributed by atoms with Crippen LogP contribution in [0.5, 0.6) is 0 Å². The van der Waals surface area contributed by atoms with Gasteiger partial charge >= 0.3 is 0 Å². The van der Waals surface area contributed by atoms with Crippen LogP contribution in [-0.4, -0.2) is 25.2 Å². The topological polar surface area (TPSA) is 51.5 Å². The number of halogens is 1. The highest BCUT2D eigenvalue weighted by molar-refractivity contribution is 6.32. The molecule has 1 amide bonds. The van der Waals surface area contributed by atoms with E-state index in [2.05, 4.69) is 5.32 Å². The van der Waals surface area contributed by atoms with Crippen LogP contribution in [0.1, 0.15) is 24.2 Å². The van der Waals surface area contributed by atoms with Gasteiger partial charge < -0.3 is 14.5 Å². The van der Waals surface area contributed by atoms with E-state index in [1.54, 1.807) is 7.11 Å². The first-order chi connectivity index (χ1) is 6.96. The van der Waals surface area contributed by atoms with E-state index in [1.807, 2.05) is 13.8 Å². The lowest BCUT2D eigenvalue weighted by Crippen LogP contribution is -2.46. The van der Waals surface area contributed by atoms with Crippen LogP contribution in [0.4, 0.5) is 0 Å². The number of methoxy groups -OCH3 is 1. The Kier molecular flexibility index (Phi) is 3.77. The van der Waals surface area contributed by atoms with E-state index < -0.39 is 5.54 Å². The lowest BCUT2D eigenvalue weighted by molar-refractivity contribution is 0.0819. The second kappa shape index (κ2) is 4.68. The summed E-state index contributed by atoms with van der Waals surface area (Å²) in [6.07, 6.45) is 1.38. The molecule has 0 spiro atoms. The maximum absolute atomic E-state index is 11.7. The molecule has 15 heavy (non-hydrogen) atoms. The maximum atomic E-state index is 11.7. The molecule has 1 heterocycles. The van der Waals surface area contributed by atoms with Crippen LogP contribution >= 0.6 is 11.6 Å². The lowest BCUT2D eigenvalue weighted by atomic mass is 10.1. The monoisotopic (exact) mass is 231 g/mol. The molecule has 0 radical (unpaired) electrons. The zero-order valence-corrected chi connectivity index (χ0v) is 9.72. The van der Waals surface area contributed by atoms with Gasteiger partial charge in [-0.15, -0.1) is 0 Å². The normalized spacial score (nSPS) is 11.5. The number of rotatable bonds is 4. The van der Waals surface area contributed by atoms with Gasteiger partial charge in [0.15, 0.2) is 0 Å². The van der Waals surface area contributed by atoms with E-state index in [0.717, 1.165) is 0 Å². The predicted molar refractivity (Wildman–Crippen MR) is 57.1 cm³/mol. The third kappa shape index (κ3) is 3.25. The third-order valence-corrected chi connectivity index (χ3v) is 2.11. The molecule has 0 saturated carbocycles. The zero-order valence-electron chi connectivity index (χ0n) is 8.96. The van der Waals surface area contributed by atoms with Gasteiger partial charge in [-0.1, -0.05) is 0 Å². The number of ether oxygens (including phenoxy) is 1. The van der Waals surface area contributed by atoms with Crippen molar-refractivity contribution in [1.82, 2.24) is 5.32 Å². The van der Waals surface area contributed by atoms with Crippen molar-refractivity contribution in [3.05, 3.63) is 23.1 Å². The summed E-state index contributed by atoms with van der Waals surface area (Å²) in [7, 11) is 1.58. The fraction of sp³-hybridized carbons (Fsp3) is 0.500. The van der Waals surface area contributed by atoms with Gasteiger partial charge in [-0.2, -0.15) is 0 Å². The minimum absolute atomic E-state index is 0.0979. The summed E-state index contributed by atoms with van der Waals surface area (Å²) >= 11 is 5.68. The smallest absolute Gasteiger partial charge is 0.256 e. The molecule has 0 aliphatic rings. The van der Waals surface area contributed by atoms with Crippen LogP contribution in [0.15, 0.2) is 16.7 Å². The number of carbonyl (C=O) groups excluding carboxylic acids is 1. The highest BCUT2D eigenvalue weighted by atomic mass is 35.5. The fourth-order valence-electron chi connectivity index (χ4n) is 1.23. The molecule has 0 aliphatic carbocycles. The first kappa shape index (κ1) is 12.1. The van der Waals surface area contributed by atoms with Crippen molar-refractivity contribution in [3.63, 3.8) is 0 Å². The molecule has 0 unspecified atom stereocenters. The van der Waals surface area contributed by atoms with E-state index in [1.165, 1.54) is 12.3 Å². The Bertz CT molecular complexity index is 346. The van der Waals surface area contributed by atoms with Crippen molar-refractivity contribution >= 4 is 17.5 Å². The summed E-state index contributed by atoms with van der Waals surface area (Å²) in [5, 5.41) is 2.89. The van der Waals surface area contributed by atoms with E-state index in [-0.39, 0.29) is 11.1 Å². The highest BCUT2D eigenvalue weighted by Gasteiger charge is 2.23. The Balaban J connectivity index is 2.68. The summed E-state index contributed by atoms with van der Waals surface area (Å²) < 4.78 is 9.82. The van der Waals surface area contributed by atoms with Gasteiger partial charge in [-0.05, 0) is 31.5 Å². The minimum atomic E-state index is -0.438. The van der Waals surface area contributed by atoms with Crippen molar-refractivity contribution in [2.24, 2.45) is 0 Å². The van der Waals surface area contributed by atoms with Crippen LogP contribution in [0.25, 0.3) is 0 Å². The van der Waals surface area contributed by atoms with E-state index in [0.29, 0.717) is 12.2 Å². The standard InChI is InChI=1S/C10H14ClNO3/c1-10(2,6-14-3)12-9(13)7-4-5-15-8(7)11/h4-5H,6H2,1-3H3,(H,12,13). The van der Waals surface area contributed by atoms with Gasteiger partial charge in [0.25, 0.3) is 5.91 Å². The molecule has 0 aliphatic heterocycles. The van der Waals surface area contributed by atoms with Crippen LogP contribution in [-0.2, 0) is 4.74 Å². The van der Waals surface area contributed by atoms with Gasteiger partial charge in [-0.25, -0.2) is 0 Å². The van der Waals surface area contributed by atoms with Crippen LogP contribution in [0.3, 0.4) is 0 Å². The zero-order chi connectivity index (χ0) is 11.5. The molecule has 1 aromatic heterocycles. The number of furan rings is 1. The third-order valence-electron chi connectivity index (χ3n) is 1.82.